The van der Waals surface area contributed by atoms with Crippen LogP contribution in [0.3, 0.4) is 0 Å². The maximum absolute atomic E-state index is 9.37. The van der Waals surface area contributed by atoms with Gasteiger partial charge in [0.05, 0.1) is 5.70 Å². The van der Waals surface area contributed by atoms with Crippen LogP contribution in [0.4, 0.5) is 0 Å². The van der Waals surface area contributed by atoms with Crippen molar-refractivity contribution in [2.24, 2.45) is 0 Å². The first-order chi connectivity index (χ1) is 5.29. The van der Waals surface area contributed by atoms with Gasteiger partial charge in [-0.25, -0.2) is 0 Å². The summed E-state index contributed by atoms with van der Waals surface area (Å²) >= 11 is 0. The van der Waals surface area contributed by atoms with Crippen LogP contribution in [0.2, 0.25) is 0 Å². The Kier molecular flexibility index (Phi) is 1.31. The fourth-order valence-corrected chi connectivity index (χ4v) is 1.47. The predicted octanol–water partition coefficient (Wildman–Crippen LogP) is 1.05. The Bertz CT molecular complexity index is 227. The highest BCUT2D eigenvalue weighted by molar-refractivity contribution is 5.40. The van der Waals surface area contributed by atoms with E-state index in [2.05, 4.69) is 5.32 Å². The second kappa shape index (κ2) is 2.19. The topological polar surface area (TPSA) is 41.5 Å². The summed E-state index contributed by atoms with van der Waals surface area (Å²) in [5.74, 6) is 1.03. The second-order valence-corrected chi connectivity index (χ2v) is 2.88. The average Bonchev–Trinajstić information content (AvgIpc) is 2.30. The number of nitrogens with one attached hydrogen (secondary N) is 1. The molecule has 0 aromatic carbocycles. The van der Waals surface area contributed by atoms with E-state index >= 15 is 0 Å². The molecule has 0 atom stereocenters. The van der Waals surface area contributed by atoms with E-state index in [0.717, 1.165) is 17.8 Å². The highest BCUT2D eigenvalue weighted by atomic mass is 16.5. The maximum Gasteiger partial charge on any atom is 0.180 e. The molecule has 0 bridgehead atoms. The molecule has 0 amide bonds. The summed E-state index contributed by atoms with van der Waals surface area (Å²) in [6, 6.07) is 0. The molecule has 0 unspecified atom stereocenters. The Morgan fingerprint density at radius 3 is 3.09 bits per heavy atom. The van der Waals surface area contributed by atoms with Crippen LogP contribution in [0.15, 0.2) is 22.8 Å². The molecule has 2 aliphatic rings. The number of allylic oxidation sites excluding steroid dienone is 1. The van der Waals surface area contributed by atoms with Crippen molar-refractivity contribution in [3.8, 4) is 0 Å². The van der Waals surface area contributed by atoms with E-state index in [1.54, 1.807) is 0 Å². The Hall–Kier alpha value is -1.12. The van der Waals surface area contributed by atoms with Crippen LogP contribution in [-0.2, 0) is 4.74 Å². The highest BCUT2D eigenvalue weighted by Crippen LogP contribution is 2.30. The summed E-state index contributed by atoms with van der Waals surface area (Å²) in [6.07, 6.45) is 0.637. The smallest absolute Gasteiger partial charge is 0.180 e. The van der Waals surface area contributed by atoms with E-state index < -0.39 is 0 Å². The van der Waals surface area contributed by atoms with Gasteiger partial charge in [0.25, 0.3) is 0 Å². The summed E-state index contributed by atoms with van der Waals surface area (Å²) < 4.78 is 5.29. The number of morpholine rings is 1. The van der Waals surface area contributed by atoms with E-state index in [1.807, 2.05) is 6.92 Å². The minimum Gasteiger partial charge on any atom is -0.508 e. The number of fused-ring (bicyclic) bond motifs is 1. The number of ether oxygens (including phenoxy) is 1. The lowest BCUT2D eigenvalue weighted by molar-refractivity contribution is 0.181. The highest BCUT2D eigenvalue weighted by Gasteiger charge is 2.25. The van der Waals surface area contributed by atoms with Gasteiger partial charge in [-0.3, -0.25) is 0 Å². The van der Waals surface area contributed by atoms with Gasteiger partial charge in [0.15, 0.2) is 5.76 Å². The van der Waals surface area contributed by atoms with Crippen LogP contribution >= 0.6 is 0 Å². The van der Waals surface area contributed by atoms with Crippen LogP contribution in [-0.4, -0.2) is 18.3 Å². The van der Waals surface area contributed by atoms with E-state index in [-0.39, 0.29) is 0 Å². The zero-order chi connectivity index (χ0) is 7.84. The van der Waals surface area contributed by atoms with Crippen LogP contribution < -0.4 is 5.32 Å². The summed E-state index contributed by atoms with van der Waals surface area (Å²) in [7, 11) is 0. The van der Waals surface area contributed by atoms with Gasteiger partial charge in [0.2, 0.25) is 0 Å². The Balaban J connectivity index is 2.35. The minimum atomic E-state index is 0.365. The standard InChI is InChI=1S/C8H11NO2/c1-5-4-6(10)8-7(5)9-2-3-11-8/h9-10H,2-4H2,1H3. The SMILES string of the molecule is CC1=C2NCCOC2=C(O)C1. The Morgan fingerprint density at radius 1 is 1.55 bits per heavy atom. The lowest BCUT2D eigenvalue weighted by atomic mass is 10.2. The normalized spacial score (nSPS) is 23.0. The molecule has 0 saturated carbocycles. The van der Waals surface area contributed by atoms with Crippen molar-refractivity contribution in [1.29, 1.82) is 0 Å². The van der Waals surface area contributed by atoms with E-state index in [0.29, 0.717) is 24.5 Å². The molecular weight excluding hydrogens is 142 g/mol. The molecule has 60 valence electrons. The van der Waals surface area contributed by atoms with Crippen molar-refractivity contribution in [3.63, 3.8) is 0 Å². The average molecular weight is 153 g/mol. The number of hydrogen-bond donors (Lipinski definition) is 2. The fourth-order valence-electron chi connectivity index (χ4n) is 1.47. The van der Waals surface area contributed by atoms with Gasteiger partial charge in [-0.1, -0.05) is 0 Å². The third-order valence-electron chi connectivity index (χ3n) is 2.00. The summed E-state index contributed by atoms with van der Waals surface area (Å²) in [5, 5.41) is 12.6. The Labute approximate surface area is 65.4 Å². The van der Waals surface area contributed by atoms with Crippen molar-refractivity contribution < 1.29 is 9.84 Å². The molecule has 0 aromatic rings. The van der Waals surface area contributed by atoms with Crippen molar-refractivity contribution in [1.82, 2.24) is 5.32 Å². The third-order valence-corrected chi connectivity index (χ3v) is 2.00. The number of aliphatic hydroxyl groups excluding tert-OH is 1. The first-order valence-electron chi connectivity index (χ1n) is 3.78. The van der Waals surface area contributed by atoms with Gasteiger partial charge in [-0.15, -0.1) is 0 Å². The molecule has 0 aromatic heterocycles. The second-order valence-electron chi connectivity index (χ2n) is 2.88. The largest absolute Gasteiger partial charge is 0.508 e. The molecule has 1 fully saturated rings. The first kappa shape index (κ1) is 6.58. The molecule has 0 spiro atoms. The van der Waals surface area contributed by atoms with Gasteiger partial charge in [-0.2, -0.15) is 0 Å². The van der Waals surface area contributed by atoms with E-state index in [9.17, 15) is 5.11 Å². The van der Waals surface area contributed by atoms with Crippen molar-refractivity contribution in [3.05, 3.63) is 22.8 Å². The third kappa shape index (κ3) is 0.878. The van der Waals surface area contributed by atoms with Gasteiger partial charge < -0.3 is 15.2 Å². The Morgan fingerprint density at radius 2 is 2.36 bits per heavy atom. The monoisotopic (exact) mass is 153 g/mol. The maximum atomic E-state index is 9.37. The fraction of sp³-hybridized carbons (Fsp3) is 0.500. The predicted molar refractivity (Wildman–Crippen MR) is 40.9 cm³/mol. The number of aliphatic hydroxyl groups is 1. The molecule has 1 heterocycles. The molecule has 3 heteroatoms. The molecule has 11 heavy (non-hydrogen) atoms. The molecule has 2 N–H and O–H groups in total. The molecule has 1 saturated heterocycles. The van der Waals surface area contributed by atoms with Gasteiger partial charge in [-0.05, 0) is 12.5 Å². The van der Waals surface area contributed by atoms with Crippen LogP contribution in [0.5, 0.6) is 0 Å². The lowest BCUT2D eigenvalue weighted by Crippen LogP contribution is -2.27. The molecule has 1 aliphatic carbocycles. The molecular formula is C8H11NO2. The van der Waals surface area contributed by atoms with Gasteiger partial charge >= 0.3 is 0 Å². The zero-order valence-electron chi connectivity index (χ0n) is 6.48. The van der Waals surface area contributed by atoms with Crippen LogP contribution in [0, 0.1) is 0 Å². The summed E-state index contributed by atoms with van der Waals surface area (Å²) in [5.41, 5.74) is 2.16. The van der Waals surface area contributed by atoms with E-state index in [4.69, 9.17) is 4.74 Å². The lowest BCUT2D eigenvalue weighted by Gasteiger charge is -2.19. The molecule has 0 radical (unpaired) electrons. The van der Waals surface area contributed by atoms with Gasteiger partial charge in [0, 0.05) is 13.0 Å². The number of hydrogen-bond acceptors (Lipinski definition) is 3. The minimum absolute atomic E-state index is 0.365. The van der Waals surface area contributed by atoms with Gasteiger partial charge in [0.1, 0.15) is 12.4 Å². The van der Waals surface area contributed by atoms with Crippen molar-refractivity contribution in [2.75, 3.05) is 13.2 Å². The molecule has 1 aliphatic heterocycles. The quantitative estimate of drug-likeness (QED) is 0.546. The van der Waals surface area contributed by atoms with E-state index in [1.165, 1.54) is 0 Å². The van der Waals surface area contributed by atoms with Crippen LogP contribution in [0.25, 0.3) is 0 Å². The summed E-state index contributed by atoms with van der Waals surface area (Å²) in [4.78, 5) is 0. The van der Waals surface area contributed by atoms with Crippen molar-refractivity contribution >= 4 is 0 Å². The molecule has 3 nitrogen and oxygen atoms in total. The summed E-state index contributed by atoms with van der Waals surface area (Å²) in [6.45, 7) is 3.49. The zero-order valence-corrected chi connectivity index (χ0v) is 6.48. The van der Waals surface area contributed by atoms with Crippen molar-refractivity contribution in [2.45, 2.75) is 13.3 Å². The first-order valence-corrected chi connectivity index (χ1v) is 3.78. The number of rotatable bonds is 0. The van der Waals surface area contributed by atoms with Crippen LogP contribution in [0.1, 0.15) is 13.3 Å². The molecule has 2 rings (SSSR count).